The lowest BCUT2D eigenvalue weighted by molar-refractivity contribution is 0.0115. The second-order valence-corrected chi connectivity index (χ2v) is 9.68. The molecule has 3 heterocycles. The Morgan fingerprint density at radius 3 is 2.50 bits per heavy atom. The zero-order chi connectivity index (χ0) is 25.1. The predicted molar refractivity (Wildman–Crippen MR) is 135 cm³/mol. The molecule has 0 N–H and O–H groups in total. The lowest BCUT2D eigenvalue weighted by Crippen LogP contribution is -2.24. The molecule has 0 bridgehead atoms. The van der Waals surface area contributed by atoms with E-state index < -0.39 is 5.92 Å². The first-order valence-electron chi connectivity index (χ1n) is 12.2. The van der Waals surface area contributed by atoms with Crippen molar-refractivity contribution in [2.75, 3.05) is 13.1 Å². The maximum atomic E-state index is 13.6. The monoisotopic (exact) mass is 487 g/mol. The standard InChI is InChI=1S/C30H28F3N3/c1-21-5-7-25(27-12-24(16-34-18-27)19-36-10-9-30(32,33)20-36)15-26(21)11-23-6-8-29(35-17-23)14-22-3-2-4-28(31)13-22/h2-8,12-13,15-18H,9-11,14,19-20H2,1H3. The number of pyridine rings is 2. The van der Waals surface area contributed by atoms with Gasteiger partial charge in [0.05, 0.1) is 6.54 Å². The molecular formula is C30H28F3N3. The molecule has 1 aliphatic heterocycles. The number of halogens is 3. The quantitative estimate of drug-likeness (QED) is 0.294. The van der Waals surface area contributed by atoms with E-state index in [-0.39, 0.29) is 18.8 Å². The number of alkyl halides is 2. The van der Waals surface area contributed by atoms with Gasteiger partial charge in [0.25, 0.3) is 5.92 Å². The zero-order valence-electron chi connectivity index (χ0n) is 20.2. The van der Waals surface area contributed by atoms with E-state index in [1.54, 1.807) is 17.2 Å². The minimum atomic E-state index is -2.59. The van der Waals surface area contributed by atoms with Crippen molar-refractivity contribution in [1.29, 1.82) is 0 Å². The van der Waals surface area contributed by atoms with Gasteiger partial charge in [0.1, 0.15) is 5.82 Å². The molecule has 0 saturated carbocycles. The topological polar surface area (TPSA) is 29.0 Å². The number of hydrogen-bond acceptors (Lipinski definition) is 3. The molecule has 0 radical (unpaired) electrons. The van der Waals surface area contributed by atoms with Gasteiger partial charge in [-0.15, -0.1) is 0 Å². The number of hydrogen-bond donors (Lipinski definition) is 0. The summed E-state index contributed by atoms with van der Waals surface area (Å²) in [6.45, 7) is 2.78. The Morgan fingerprint density at radius 1 is 0.861 bits per heavy atom. The van der Waals surface area contributed by atoms with E-state index in [0.29, 0.717) is 19.5 Å². The van der Waals surface area contributed by atoms with Crippen molar-refractivity contribution < 1.29 is 13.2 Å². The van der Waals surface area contributed by atoms with Crippen LogP contribution < -0.4 is 0 Å². The van der Waals surface area contributed by atoms with E-state index in [9.17, 15) is 13.2 Å². The average Bonchev–Trinajstić information content (AvgIpc) is 3.20. The molecule has 0 atom stereocenters. The SMILES string of the molecule is Cc1ccc(-c2cncc(CN3CCC(F)(F)C3)c2)cc1Cc1ccc(Cc2cccc(F)c2)nc1. The normalized spacial score (nSPS) is 15.3. The number of rotatable bonds is 7. The largest absolute Gasteiger partial charge is 0.293 e. The molecule has 6 heteroatoms. The van der Waals surface area contributed by atoms with Crippen molar-refractivity contribution in [1.82, 2.24) is 14.9 Å². The molecule has 36 heavy (non-hydrogen) atoms. The Labute approximate surface area is 209 Å². The van der Waals surface area contributed by atoms with Crippen LogP contribution in [-0.4, -0.2) is 33.9 Å². The highest BCUT2D eigenvalue weighted by molar-refractivity contribution is 5.65. The van der Waals surface area contributed by atoms with E-state index in [1.807, 2.05) is 30.6 Å². The smallest absolute Gasteiger partial charge is 0.261 e. The molecule has 2 aromatic heterocycles. The molecule has 4 aromatic rings. The Hall–Kier alpha value is -3.51. The van der Waals surface area contributed by atoms with Crippen molar-refractivity contribution >= 4 is 0 Å². The number of benzene rings is 2. The maximum Gasteiger partial charge on any atom is 0.261 e. The summed E-state index contributed by atoms with van der Waals surface area (Å²) in [5.41, 5.74) is 8.23. The van der Waals surface area contributed by atoms with Gasteiger partial charge in [-0.05, 0) is 71.0 Å². The van der Waals surface area contributed by atoms with Gasteiger partial charge in [-0.25, -0.2) is 13.2 Å². The highest BCUT2D eigenvalue weighted by atomic mass is 19.3. The molecule has 0 amide bonds. The van der Waals surface area contributed by atoms with Gasteiger partial charge in [0.2, 0.25) is 0 Å². The molecule has 1 aliphatic rings. The van der Waals surface area contributed by atoms with Crippen LogP contribution in [0, 0.1) is 12.7 Å². The lowest BCUT2D eigenvalue weighted by Gasteiger charge is -2.16. The van der Waals surface area contributed by atoms with Crippen LogP contribution in [0.3, 0.4) is 0 Å². The van der Waals surface area contributed by atoms with Crippen LogP contribution >= 0.6 is 0 Å². The number of aryl methyl sites for hydroxylation is 1. The van der Waals surface area contributed by atoms with Gasteiger partial charge in [-0.1, -0.05) is 36.4 Å². The fourth-order valence-corrected chi connectivity index (χ4v) is 4.71. The summed E-state index contributed by atoms with van der Waals surface area (Å²) in [5.74, 6) is -2.83. The average molecular weight is 488 g/mol. The summed E-state index contributed by atoms with van der Waals surface area (Å²) in [6.07, 6.45) is 6.70. The second-order valence-electron chi connectivity index (χ2n) is 9.68. The Kier molecular flexibility index (Phi) is 6.88. The van der Waals surface area contributed by atoms with Gasteiger partial charge in [0.15, 0.2) is 0 Å². The zero-order valence-corrected chi connectivity index (χ0v) is 20.2. The summed E-state index contributed by atoms with van der Waals surface area (Å²) in [7, 11) is 0. The van der Waals surface area contributed by atoms with Gasteiger partial charge in [0, 0.05) is 55.8 Å². The Morgan fingerprint density at radius 2 is 1.75 bits per heavy atom. The number of aromatic nitrogens is 2. The first-order chi connectivity index (χ1) is 17.3. The summed E-state index contributed by atoms with van der Waals surface area (Å²) in [4.78, 5) is 10.8. The summed E-state index contributed by atoms with van der Waals surface area (Å²) in [5, 5.41) is 0. The lowest BCUT2D eigenvalue weighted by atomic mass is 9.96. The first kappa shape index (κ1) is 24.2. The number of likely N-dealkylation sites (tertiary alicyclic amines) is 1. The van der Waals surface area contributed by atoms with Crippen LogP contribution in [0.25, 0.3) is 11.1 Å². The third-order valence-electron chi connectivity index (χ3n) is 6.69. The van der Waals surface area contributed by atoms with Crippen LogP contribution in [-0.2, 0) is 19.4 Å². The van der Waals surface area contributed by atoms with E-state index in [0.717, 1.165) is 39.9 Å². The fourth-order valence-electron chi connectivity index (χ4n) is 4.71. The molecule has 1 fully saturated rings. The summed E-state index contributed by atoms with van der Waals surface area (Å²) in [6, 6.07) is 19.0. The van der Waals surface area contributed by atoms with Crippen molar-refractivity contribution in [2.45, 2.75) is 38.7 Å². The van der Waals surface area contributed by atoms with Crippen molar-refractivity contribution in [3.05, 3.63) is 119 Å². The van der Waals surface area contributed by atoms with E-state index in [4.69, 9.17) is 0 Å². The van der Waals surface area contributed by atoms with Crippen LogP contribution in [0.4, 0.5) is 13.2 Å². The highest BCUT2D eigenvalue weighted by Gasteiger charge is 2.37. The van der Waals surface area contributed by atoms with Crippen molar-refractivity contribution in [3.8, 4) is 11.1 Å². The van der Waals surface area contributed by atoms with Gasteiger partial charge in [-0.3, -0.25) is 14.9 Å². The van der Waals surface area contributed by atoms with Crippen LogP contribution in [0.2, 0.25) is 0 Å². The highest BCUT2D eigenvalue weighted by Crippen LogP contribution is 2.29. The maximum absolute atomic E-state index is 13.6. The molecule has 0 spiro atoms. The Bertz CT molecular complexity index is 1350. The molecule has 5 rings (SSSR count). The Balaban J connectivity index is 1.29. The van der Waals surface area contributed by atoms with E-state index >= 15 is 0 Å². The van der Waals surface area contributed by atoms with Gasteiger partial charge < -0.3 is 0 Å². The van der Waals surface area contributed by atoms with Crippen LogP contribution in [0.15, 0.2) is 79.3 Å². The van der Waals surface area contributed by atoms with Crippen LogP contribution in [0.5, 0.6) is 0 Å². The minimum Gasteiger partial charge on any atom is -0.293 e. The summed E-state index contributed by atoms with van der Waals surface area (Å²) < 4.78 is 40.6. The minimum absolute atomic E-state index is 0.0813. The van der Waals surface area contributed by atoms with E-state index in [1.165, 1.54) is 23.3 Å². The van der Waals surface area contributed by atoms with Crippen molar-refractivity contribution in [3.63, 3.8) is 0 Å². The fraction of sp³-hybridized carbons (Fsp3) is 0.267. The van der Waals surface area contributed by atoms with Crippen molar-refractivity contribution in [2.24, 2.45) is 0 Å². The molecule has 3 nitrogen and oxygen atoms in total. The third-order valence-corrected chi connectivity index (χ3v) is 6.69. The molecule has 2 aromatic carbocycles. The second kappa shape index (κ2) is 10.2. The molecule has 184 valence electrons. The molecule has 0 unspecified atom stereocenters. The first-order valence-corrected chi connectivity index (χ1v) is 12.2. The van der Waals surface area contributed by atoms with E-state index in [2.05, 4.69) is 41.2 Å². The van der Waals surface area contributed by atoms with Gasteiger partial charge >= 0.3 is 0 Å². The predicted octanol–water partition coefficient (Wildman–Crippen LogP) is 6.61. The molecule has 0 aliphatic carbocycles. The summed E-state index contributed by atoms with van der Waals surface area (Å²) >= 11 is 0. The molecule has 1 saturated heterocycles. The number of nitrogens with zero attached hydrogens (tertiary/aromatic N) is 3. The van der Waals surface area contributed by atoms with Crippen LogP contribution in [0.1, 0.15) is 39.9 Å². The third kappa shape index (κ3) is 6.00. The van der Waals surface area contributed by atoms with Gasteiger partial charge in [-0.2, -0.15) is 0 Å². The molecular weight excluding hydrogens is 459 g/mol.